The number of hydrogen-bond acceptors (Lipinski definition) is 3. The van der Waals surface area contributed by atoms with Crippen LogP contribution in [0.4, 0.5) is 4.39 Å². The highest BCUT2D eigenvalue weighted by molar-refractivity contribution is 4.93. The van der Waals surface area contributed by atoms with E-state index in [4.69, 9.17) is 0 Å². The zero-order valence-electron chi connectivity index (χ0n) is 8.04. The van der Waals surface area contributed by atoms with Crippen molar-refractivity contribution in [3.63, 3.8) is 0 Å². The van der Waals surface area contributed by atoms with Crippen molar-refractivity contribution in [1.29, 1.82) is 0 Å². The van der Waals surface area contributed by atoms with Crippen molar-refractivity contribution in [3.8, 4) is 0 Å². The molecule has 1 saturated heterocycles. The van der Waals surface area contributed by atoms with Crippen LogP contribution in [0, 0.1) is 11.7 Å². The summed E-state index contributed by atoms with van der Waals surface area (Å²) in [7, 11) is 0. The van der Waals surface area contributed by atoms with E-state index in [0.29, 0.717) is 5.92 Å². The molecule has 1 fully saturated rings. The maximum absolute atomic E-state index is 12.5. The number of nitrogens with one attached hydrogen (secondary N) is 1. The molecule has 2 heterocycles. The summed E-state index contributed by atoms with van der Waals surface area (Å²) in [5, 5.41) is 3.34. The van der Waals surface area contributed by atoms with Gasteiger partial charge in [0.05, 0.1) is 12.4 Å². The summed E-state index contributed by atoms with van der Waals surface area (Å²) >= 11 is 0. The maximum atomic E-state index is 12.5. The van der Waals surface area contributed by atoms with Crippen LogP contribution in [0.3, 0.4) is 0 Å². The van der Waals surface area contributed by atoms with Gasteiger partial charge in [-0.05, 0) is 31.8 Å². The first-order valence-corrected chi connectivity index (χ1v) is 5.02. The summed E-state index contributed by atoms with van der Waals surface area (Å²) in [5.41, 5.74) is 0. The average molecular weight is 195 g/mol. The fraction of sp³-hybridized carbons (Fsp3) is 0.600. The Balaban J connectivity index is 1.92. The minimum atomic E-state index is -0.365. The lowest BCUT2D eigenvalue weighted by Gasteiger charge is -2.21. The van der Waals surface area contributed by atoms with Crippen LogP contribution >= 0.6 is 0 Å². The number of rotatable bonds is 2. The summed E-state index contributed by atoms with van der Waals surface area (Å²) in [5.74, 6) is 0.991. The van der Waals surface area contributed by atoms with Crippen LogP contribution < -0.4 is 5.32 Å². The van der Waals surface area contributed by atoms with Crippen molar-refractivity contribution >= 4 is 0 Å². The molecule has 0 aliphatic carbocycles. The second kappa shape index (κ2) is 4.46. The Bertz CT molecular complexity index is 280. The topological polar surface area (TPSA) is 37.8 Å². The van der Waals surface area contributed by atoms with Gasteiger partial charge in [0.1, 0.15) is 5.82 Å². The van der Waals surface area contributed by atoms with Gasteiger partial charge in [-0.2, -0.15) is 0 Å². The molecule has 1 aromatic heterocycles. The van der Waals surface area contributed by atoms with Crippen molar-refractivity contribution in [3.05, 3.63) is 24.0 Å². The molecule has 1 N–H and O–H groups in total. The highest BCUT2D eigenvalue weighted by Gasteiger charge is 2.14. The molecule has 3 nitrogen and oxygen atoms in total. The standard InChI is InChI=1S/C10H14FN3/c11-9-6-13-10(14-7-9)4-8-2-1-3-12-5-8/h6-8,12H,1-5H2. The normalized spacial score (nSPS) is 22.2. The van der Waals surface area contributed by atoms with Gasteiger partial charge in [0, 0.05) is 6.42 Å². The third-order valence-electron chi connectivity index (χ3n) is 2.54. The lowest BCUT2D eigenvalue weighted by Crippen LogP contribution is -2.31. The zero-order chi connectivity index (χ0) is 9.80. The number of halogens is 1. The van der Waals surface area contributed by atoms with Crippen molar-refractivity contribution in [2.75, 3.05) is 13.1 Å². The van der Waals surface area contributed by atoms with Gasteiger partial charge in [-0.3, -0.25) is 0 Å². The van der Waals surface area contributed by atoms with Gasteiger partial charge in [0.15, 0.2) is 5.82 Å². The van der Waals surface area contributed by atoms with Crippen molar-refractivity contribution in [2.24, 2.45) is 5.92 Å². The molecule has 1 unspecified atom stereocenters. The first-order chi connectivity index (χ1) is 6.84. The van der Waals surface area contributed by atoms with Crippen LogP contribution in [0.2, 0.25) is 0 Å². The highest BCUT2D eigenvalue weighted by Crippen LogP contribution is 2.13. The minimum absolute atomic E-state index is 0.365. The van der Waals surface area contributed by atoms with Gasteiger partial charge >= 0.3 is 0 Å². The van der Waals surface area contributed by atoms with Crippen LogP contribution in [0.5, 0.6) is 0 Å². The Labute approximate surface area is 82.8 Å². The Hall–Kier alpha value is -1.03. The SMILES string of the molecule is Fc1cnc(CC2CCCNC2)nc1. The highest BCUT2D eigenvalue weighted by atomic mass is 19.1. The Kier molecular flexibility index (Phi) is 3.03. The van der Waals surface area contributed by atoms with Crippen LogP contribution in [0.1, 0.15) is 18.7 Å². The molecule has 0 amide bonds. The minimum Gasteiger partial charge on any atom is -0.316 e. The summed E-state index contributed by atoms with van der Waals surface area (Å²) in [6.07, 6.45) is 5.75. The van der Waals surface area contributed by atoms with E-state index in [1.165, 1.54) is 25.2 Å². The molecule has 4 heteroatoms. The van der Waals surface area contributed by atoms with Gasteiger partial charge in [-0.1, -0.05) is 0 Å². The molecule has 1 aliphatic rings. The van der Waals surface area contributed by atoms with Gasteiger partial charge in [0.2, 0.25) is 0 Å². The molecular weight excluding hydrogens is 181 g/mol. The van der Waals surface area contributed by atoms with Crippen LogP contribution in [-0.4, -0.2) is 23.1 Å². The fourth-order valence-corrected chi connectivity index (χ4v) is 1.80. The van der Waals surface area contributed by atoms with E-state index in [2.05, 4.69) is 15.3 Å². The van der Waals surface area contributed by atoms with Crippen LogP contribution in [0.25, 0.3) is 0 Å². The smallest absolute Gasteiger partial charge is 0.159 e. The molecule has 0 bridgehead atoms. The monoisotopic (exact) mass is 195 g/mol. The molecule has 1 atom stereocenters. The predicted molar refractivity (Wildman–Crippen MR) is 51.3 cm³/mol. The zero-order valence-corrected chi connectivity index (χ0v) is 8.04. The van der Waals surface area contributed by atoms with Crippen molar-refractivity contribution in [2.45, 2.75) is 19.3 Å². The molecule has 1 aromatic rings. The van der Waals surface area contributed by atoms with E-state index in [9.17, 15) is 4.39 Å². The predicted octanol–water partition coefficient (Wildman–Crippen LogP) is 1.16. The Morgan fingerprint density at radius 3 is 2.86 bits per heavy atom. The third kappa shape index (κ3) is 2.48. The second-order valence-electron chi connectivity index (χ2n) is 3.73. The summed E-state index contributed by atoms with van der Waals surface area (Å²) in [4.78, 5) is 7.92. The molecule has 2 rings (SSSR count). The second-order valence-corrected chi connectivity index (χ2v) is 3.73. The molecule has 0 saturated carbocycles. The summed E-state index contributed by atoms with van der Waals surface area (Å²) < 4.78 is 12.5. The first kappa shape index (κ1) is 9.52. The lowest BCUT2D eigenvalue weighted by molar-refractivity contribution is 0.370. The lowest BCUT2D eigenvalue weighted by atomic mass is 9.96. The summed E-state index contributed by atoms with van der Waals surface area (Å²) in [6, 6.07) is 0. The van der Waals surface area contributed by atoms with E-state index >= 15 is 0 Å². The molecular formula is C10H14FN3. The molecule has 14 heavy (non-hydrogen) atoms. The van der Waals surface area contributed by atoms with Gasteiger partial charge in [0.25, 0.3) is 0 Å². The van der Waals surface area contributed by atoms with Crippen LogP contribution in [-0.2, 0) is 6.42 Å². The molecule has 0 aromatic carbocycles. The number of nitrogens with zero attached hydrogens (tertiary/aromatic N) is 2. The number of hydrogen-bond donors (Lipinski definition) is 1. The Morgan fingerprint density at radius 1 is 1.43 bits per heavy atom. The maximum Gasteiger partial charge on any atom is 0.159 e. The van der Waals surface area contributed by atoms with Gasteiger partial charge < -0.3 is 5.32 Å². The van der Waals surface area contributed by atoms with Gasteiger partial charge in [-0.25, -0.2) is 14.4 Å². The summed E-state index contributed by atoms with van der Waals surface area (Å²) in [6.45, 7) is 2.14. The fourth-order valence-electron chi connectivity index (χ4n) is 1.80. The Morgan fingerprint density at radius 2 is 2.21 bits per heavy atom. The number of piperidine rings is 1. The molecule has 0 radical (unpaired) electrons. The molecule has 0 spiro atoms. The van der Waals surface area contributed by atoms with E-state index in [1.807, 2.05) is 0 Å². The largest absolute Gasteiger partial charge is 0.316 e. The van der Waals surface area contributed by atoms with Crippen molar-refractivity contribution in [1.82, 2.24) is 15.3 Å². The van der Waals surface area contributed by atoms with E-state index in [0.717, 1.165) is 25.3 Å². The first-order valence-electron chi connectivity index (χ1n) is 5.02. The van der Waals surface area contributed by atoms with Crippen molar-refractivity contribution < 1.29 is 4.39 Å². The van der Waals surface area contributed by atoms with E-state index in [-0.39, 0.29) is 5.82 Å². The quantitative estimate of drug-likeness (QED) is 0.769. The number of aromatic nitrogens is 2. The molecule has 1 aliphatic heterocycles. The van der Waals surface area contributed by atoms with Gasteiger partial charge in [-0.15, -0.1) is 0 Å². The van der Waals surface area contributed by atoms with Crippen LogP contribution in [0.15, 0.2) is 12.4 Å². The average Bonchev–Trinajstić information content (AvgIpc) is 2.23. The van der Waals surface area contributed by atoms with E-state index in [1.54, 1.807) is 0 Å². The third-order valence-corrected chi connectivity index (χ3v) is 2.54. The van der Waals surface area contributed by atoms with E-state index < -0.39 is 0 Å². The molecule has 76 valence electrons.